The van der Waals surface area contributed by atoms with Gasteiger partial charge < -0.3 is 57.0 Å². The van der Waals surface area contributed by atoms with Crippen LogP contribution >= 0.6 is 57.0 Å². The molecule has 13 heterocycles. The molecule has 5 aliphatic heterocycles. The molecule has 0 aromatic carbocycles. The van der Waals surface area contributed by atoms with Crippen LogP contribution in [0.4, 0.5) is 45.3 Å². The van der Waals surface area contributed by atoms with Crippen LogP contribution in [-0.2, 0) is 71.4 Å². The highest BCUT2D eigenvalue weighted by Crippen LogP contribution is 2.57. The van der Waals surface area contributed by atoms with E-state index < -0.39 is 53.1 Å². The minimum atomic E-state index is -4.35. The Balaban J connectivity index is 0.000000130. The number of halogens is 12. The number of hydrogen-bond acceptors (Lipinski definition) is 12. The predicted octanol–water partition coefficient (Wildman–Crippen LogP) is 13.5. The fourth-order valence-corrected chi connectivity index (χ4v) is 15.3. The van der Waals surface area contributed by atoms with Gasteiger partial charge in [-0.25, -0.2) is 4.98 Å². The molecule has 34 heteroatoms. The van der Waals surface area contributed by atoms with Crippen LogP contribution in [0, 0.1) is 0 Å². The van der Waals surface area contributed by atoms with E-state index in [4.69, 9.17) is 20.9 Å². The van der Waals surface area contributed by atoms with E-state index in [1.807, 2.05) is 102 Å². The number of anilines is 1. The third-order valence-electron chi connectivity index (χ3n) is 20.8. The Morgan fingerprint density at radius 2 is 0.990 bits per heavy atom. The van der Waals surface area contributed by atoms with E-state index in [0.717, 1.165) is 75.1 Å². The van der Waals surface area contributed by atoms with Gasteiger partial charge in [0.05, 0.1) is 39.9 Å². The van der Waals surface area contributed by atoms with E-state index in [1.54, 1.807) is 19.8 Å². The number of pyridine rings is 1. The maximum absolute atomic E-state index is 14.0. The van der Waals surface area contributed by atoms with Crippen molar-refractivity contribution in [3.63, 3.8) is 0 Å². The molecule has 3 aliphatic carbocycles. The molecule has 8 aromatic heterocycles. The van der Waals surface area contributed by atoms with Crippen LogP contribution in [0.15, 0.2) is 70.3 Å². The van der Waals surface area contributed by atoms with Gasteiger partial charge in [-0.2, -0.15) is 53.0 Å². The molecule has 3 saturated carbocycles. The minimum Gasteiger partial charge on any atom is -0.399 e. The number of nitrogens with one attached hydrogen (secondary N) is 2. The third kappa shape index (κ3) is 12.7. The van der Waals surface area contributed by atoms with Gasteiger partial charge in [-0.05, 0) is 161 Å². The quantitative estimate of drug-likeness (QED) is 0.0960. The highest BCUT2D eigenvalue weighted by atomic mass is 79.9. The van der Waals surface area contributed by atoms with Crippen LogP contribution in [-0.4, -0.2) is 135 Å². The number of carbonyl (C=O) groups excluding carboxylic acids is 1. The average Bonchev–Trinajstić information content (AvgIpc) is 1.47. The summed E-state index contributed by atoms with van der Waals surface area (Å²) in [4.78, 5) is 15.6. The maximum atomic E-state index is 14.0. The van der Waals surface area contributed by atoms with Crippen LogP contribution < -0.4 is 16.1 Å². The van der Waals surface area contributed by atoms with E-state index in [2.05, 4.69) is 78.1 Å². The zero-order chi connectivity index (χ0) is 69.0. The summed E-state index contributed by atoms with van der Waals surface area (Å²) < 4.78 is 152. The molecule has 8 aliphatic rings. The molecule has 8 aromatic rings. The predicted molar refractivity (Wildman–Crippen MR) is 360 cm³/mol. The van der Waals surface area contributed by atoms with Crippen molar-refractivity contribution >= 4 is 81.3 Å². The lowest BCUT2D eigenvalue weighted by Crippen LogP contribution is -2.49. The van der Waals surface area contributed by atoms with Gasteiger partial charge in [-0.3, -0.25) is 4.79 Å². The molecule has 1 amide bonds. The molecule has 4 fully saturated rings. The Hall–Kier alpha value is -6.13. The fourth-order valence-electron chi connectivity index (χ4n) is 14.2. The van der Waals surface area contributed by atoms with Gasteiger partial charge in [0.2, 0.25) is 0 Å². The summed E-state index contributed by atoms with van der Waals surface area (Å²) in [6, 6.07) is 9.15. The average molecular weight is 1540 g/mol. The monoisotopic (exact) mass is 1540 g/mol. The van der Waals surface area contributed by atoms with Crippen LogP contribution in [0.25, 0.3) is 45.7 Å². The highest BCUT2D eigenvalue weighted by Gasteiger charge is 2.65. The van der Waals surface area contributed by atoms with E-state index in [9.17, 15) is 49.4 Å². The lowest BCUT2D eigenvalue weighted by Gasteiger charge is -2.42. The number of aliphatic hydroxyl groups excluding tert-OH is 1. The number of aromatic nitrogens is 14. The van der Waals surface area contributed by atoms with Crippen molar-refractivity contribution in [2.75, 3.05) is 18.5 Å². The Morgan fingerprint density at radius 1 is 0.582 bits per heavy atom. The van der Waals surface area contributed by atoms with Crippen molar-refractivity contribution in [1.82, 2.24) is 72.9 Å². The number of fused-ring (bicyclic) bond motifs is 10. The van der Waals surface area contributed by atoms with Crippen LogP contribution in [0.1, 0.15) is 146 Å². The summed E-state index contributed by atoms with van der Waals surface area (Å²) in [5, 5.41) is 40.3. The van der Waals surface area contributed by atoms with Crippen LogP contribution in [0.2, 0.25) is 5.02 Å². The Bertz CT molecular complexity index is 4240. The maximum Gasteiger partial charge on any atom is 0.496 e. The van der Waals surface area contributed by atoms with Crippen LogP contribution in [0.3, 0.4) is 0 Å². The second kappa shape index (κ2) is 26.7. The highest BCUT2D eigenvalue weighted by molar-refractivity contribution is 9.10. The molecule has 528 valence electrons. The van der Waals surface area contributed by atoms with E-state index in [-0.39, 0.29) is 88.0 Å². The zero-order valence-corrected chi connectivity index (χ0v) is 59.4. The second-order valence-electron chi connectivity index (χ2n) is 27.5. The number of aryl methyl sites for hydroxylation is 4. The van der Waals surface area contributed by atoms with Gasteiger partial charge in [0.25, 0.3) is 5.91 Å². The topological polar surface area (TPSA) is 205 Å². The first-order valence-electron chi connectivity index (χ1n) is 32.7. The SMILES string of the molecule is CC1(C)OB(c2cc3n(c2)CCCn2c-3nnc2C2(C(F)(F)F)CCC2)OC1(C)C.C[C@@H](CO)Nc1cc(-c2cc3n(c2)CCCn2c-3nnc2C2(C(F)(F)F)CCC2)c(Cl)cn1.FC(F)(F)C1(c2nnc3n2CCCn2cc(Br)cc2-3)CCC1.O=C1NCCCn2cc(Br)cc21.S. The Morgan fingerprint density at radius 3 is 1.43 bits per heavy atom. The molecule has 98 heavy (non-hydrogen) atoms. The largest absolute Gasteiger partial charge is 0.496 e. The van der Waals surface area contributed by atoms with E-state index in [1.165, 1.54) is 6.20 Å². The summed E-state index contributed by atoms with van der Waals surface area (Å²) >= 11 is 13.2. The lowest BCUT2D eigenvalue weighted by molar-refractivity contribution is -0.216. The molecular weight excluding hydrogens is 1470 g/mol. The van der Waals surface area contributed by atoms with Gasteiger partial charge in [0.15, 0.2) is 17.5 Å². The normalized spacial score (nSPS) is 20.0. The molecule has 0 radical (unpaired) electrons. The van der Waals surface area contributed by atoms with Gasteiger partial charge in [0.1, 0.15) is 45.2 Å². The number of alkyl halides is 9. The van der Waals surface area contributed by atoms with Crippen molar-refractivity contribution in [3.8, 4) is 45.7 Å². The van der Waals surface area contributed by atoms with Crippen molar-refractivity contribution in [2.24, 2.45) is 0 Å². The van der Waals surface area contributed by atoms with E-state index in [0.29, 0.717) is 98.8 Å². The third-order valence-corrected chi connectivity index (χ3v) is 22.0. The van der Waals surface area contributed by atoms with Gasteiger partial charge in [-0.15, -0.1) is 30.6 Å². The molecule has 16 rings (SSSR count). The van der Waals surface area contributed by atoms with Gasteiger partial charge >= 0.3 is 25.6 Å². The first kappa shape index (κ1) is 71.7. The standard InChI is InChI=1S/C22H24ClF3N6O.C20H26BF3N4O2.C14H14BrF3N4.C8H9BrN2O.H2S/c1-13(12-33)28-18-9-15(16(23)10-27-18)14-8-17-19-29-30-20(21(4-2-5-21)22(24,25)26)32(19)7-3-6-31(17)11-14;1-17(2)18(3,4)30-21(29-17)13-11-14-15-25-26-16(19(7-5-8-19)20(22,23)24)28(15)10-6-9-27(14)12-13;15-9-7-10-11-19-20-12(13(3-1-4-13)14(16,17)18)22(11)6-2-5-21(10)8-9;9-6-4-7-8(12)10-2-1-3-11(7)5-6;/h8-11,13,33H,2-7,12H2,1H3,(H,27,28);11-12H,5-10H2,1-4H3;7-8H,1-6H2;4-5H,1-3H2,(H,10,12);1H2/t13-;;;;/m0..../s1. The Labute approximate surface area is 588 Å². The smallest absolute Gasteiger partial charge is 0.399 e. The molecular formula is C64H75BBr2ClF9N16O4S. The minimum absolute atomic E-state index is 0. The molecule has 0 unspecified atom stereocenters. The summed E-state index contributed by atoms with van der Waals surface area (Å²) in [6.07, 6.45) is 1.66. The lowest BCUT2D eigenvalue weighted by atomic mass is 9.67. The molecule has 1 saturated heterocycles. The molecule has 0 spiro atoms. The van der Waals surface area contributed by atoms with Crippen molar-refractivity contribution < 1.29 is 58.7 Å². The number of amides is 1. The van der Waals surface area contributed by atoms with E-state index >= 15 is 0 Å². The number of rotatable bonds is 8. The zero-order valence-electron chi connectivity index (χ0n) is 54.5. The molecule has 0 bridgehead atoms. The van der Waals surface area contributed by atoms with Crippen molar-refractivity contribution in [1.29, 1.82) is 0 Å². The van der Waals surface area contributed by atoms with Gasteiger partial charge in [0, 0.05) is 115 Å². The Kier molecular flexibility index (Phi) is 19.5. The molecule has 1 atom stereocenters. The summed E-state index contributed by atoms with van der Waals surface area (Å²) in [6.45, 7) is 15.0. The van der Waals surface area contributed by atoms with Crippen molar-refractivity contribution in [2.45, 2.75) is 216 Å². The summed E-state index contributed by atoms with van der Waals surface area (Å²) in [7, 11) is -0.529. The second-order valence-corrected chi connectivity index (χ2v) is 29.7. The molecule has 20 nitrogen and oxygen atoms in total. The first-order chi connectivity index (χ1) is 45.9. The first-order valence-corrected chi connectivity index (χ1v) is 34.7. The molecule has 3 N–H and O–H groups in total. The fraction of sp³-hybridized carbons (Fsp3) is 0.562. The number of hydrogen-bond donors (Lipinski definition) is 3. The van der Waals surface area contributed by atoms with Crippen LogP contribution in [0.5, 0.6) is 0 Å². The number of aliphatic hydroxyl groups is 1. The number of nitrogens with zero attached hydrogens (tertiary/aromatic N) is 14. The van der Waals surface area contributed by atoms with Crippen molar-refractivity contribution in [3.05, 3.63) is 98.5 Å². The summed E-state index contributed by atoms with van der Waals surface area (Å²) in [5.74, 6) is 2.24. The summed E-state index contributed by atoms with van der Waals surface area (Å²) in [5.41, 5.74) is -1.08. The van der Waals surface area contributed by atoms with Gasteiger partial charge in [-0.1, -0.05) is 30.9 Å². The number of carbonyl (C=O) groups is 1.